The molecular weight excluding hydrogens is 130 g/mol. The minimum Gasteiger partial charge on any atom is -0.392 e. The normalized spacial score (nSPS) is 11.0. The van der Waals surface area contributed by atoms with Crippen LogP contribution in [-0.4, -0.2) is 26.7 Å². The van der Waals surface area contributed by atoms with E-state index in [-0.39, 0.29) is 6.61 Å². The molecule has 0 saturated heterocycles. The second-order valence-electron chi connectivity index (χ2n) is 1.87. The smallest absolute Gasteiger partial charge is 0.0807 e. The van der Waals surface area contributed by atoms with E-state index >= 15 is 0 Å². The summed E-state index contributed by atoms with van der Waals surface area (Å²) in [4.78, 5) is 0. The molecule has 54 valence electrons. The van der Waals surface area contributed by atoms with Gasteiger partial charge in [-0.1, -0.05) is 11.3 Å². The lowest BCUT2D eigenvalue weighted by Crippen LogP contribution is -1.92. The highest BCUT2D eigenvalue weighted by Gasteiger charge is 1.90. The maximum absolute atomic E-state index is 8.42. The van der Waals surface area contributed by atoms with Crippen molar-refractivity contribution in [3.63, 3.8) is 0 Å². The van der Waals surface area contributed by atoms with E-state index in [1.165, 1.54) is 0 Å². The summed E-state index contributed by atoms with van der Waals surface area (Å²) in [5, 5.41) is 15.8. The largest absolute Gasteiger partial charge is 0.392 e. The summed E-state index contributed by atoms with van der Waals surface area (Å²) in [6, 6.07) is 0. The molecule has 0 amide bonds. The van der Waals surface area contributed by atoms with Gasteiger partial charge in [0, 0.05) is 7.05 Å². The molecule has 0 bridgehead atoms. The number of hydrogen-bond donors (Lipinski definition) is 1. The van der Waals surface area contributed by atoms with Crippen LogP contribution >= 0.6 is 0 Å². The summed E-state index contributed by atoms with van der Waals surface area (Å²) >= 11 is 0. The van der Waals surface area contributed by atoms with Gasteiger partial charge in [0.15, 0.2) is 0 Å². The summed E-state index contributed by atoms with van der Waals surface area (Å²) in [6.07, 6.45) is 5.03. The van der Waals surface area contributed by atoms with Crippen LogP contribution in [0.2, 0.25) is 0 Å². The van der Waals surface area contributed by atoms with Crippen molar-refractivity contribution in [2.24, 2.45) is 7.05 Å². The van der Waals surface area contributed by atoms with Gasteiger partial charge < -0.3 is 5.11 Å². The SMILES string of the molecule is Cn1nncc1/C=C/CO. The molecule has 1 N–H and O–H groups in total. The zero-order valence-corrected chi connectivity index (χ0v) is 5.73. The van der Waals surface area contributed by atoms with E-state index < -0.39 is 0 Å². The number of rotatable bonds is 2. The van der Waals surface area contributed by atoms with Crippen LogP contribution in [0.5, 0.6) is 0 Å². The minimum absolute atomic E-state index is 0.0468. The Morgan fingerprint density at radius 3 is 3.10 bits per heavy atom. The van der Waals surface area contributed by atoms with E-state index in [1.54, 1.807) is 30.1 Å². The van der Waals surface area contributed by atoms with Crippen molar-refractivity contribution in [3.05, 3.63) is 18.0 Å². The van der Waals surface area contributed by atoms with E-state index in [0.29, 0.717) is 0 Å². The molecule has 0 unspecified atom stereocenters. The van der Waals surface area contributed by atoms with E-state index in [1.807, 2.05) is 0 Å². The fraction of sp³-hybridized carbons (Fsp3) is 0.333. The molecule has 1 rings (SSSR count). The van der Waals surface area contributed by atoms with Crippen LogP contribution in [0.25, 0.3) is 6.08 Å². The van der Waals surface area contributed by atoms with Crippen molar-refractivity contribution in [3.8, 4) is 0 Å². The third-order valence-electron chi connectivity index (χ3n) is 1.14. The number of hydrogen-bond acceptors (Lipinski definition) is 3. The zero-order chi connectivity index (χ0) is 7.40. The Bertz CT molecular complexity index is 229. The lowest BCUT2D eigenvalue weighted by atomic mass is 10.4. The monoisotopic (exact) mass is 139 g/mol. The molecule has 0 atom stereocenters. The molecule has 0 aliphatic rings. The first-order valence-corrected chi connectivity index (χ1v) is 2.96. The molecule has 1 heterocycles. The third kappa shape index (κ3) is 1.41. The Kier molecular flexibility index (Phi) is 2.17. The first-order chi connectivity index (χ1) is 4.84. The number of aromatic nitrogens is 3. The van der Waals surface area contributed by atoms with Crippen LogP contribution < -0.4 is 0 Å². The van der Waals surface area contributed by atoms with Crippen molar-refractivity contribution < 1.29 is 5.11 Å². The first-order valence-electron chi connectivity index (χ1n) is 2.96. The molecule has 10 heavy (non-hydrogen) atoms. The van der Waals surface area contributed by atoms with Crippen LogP contribution in [0.4, 0.5) is 0 Å². The van der Waals surface area contributed by atoms with Crippen LogP contribution in [0.1, 0.15) is 5.69 Å². The van der Waals surface area contributed by atoms with Crippen molar-refractivity contribution in [2.75, 3.05) is 6.61 Å². The molecule has 1 aromatic rings. The van der Waals surface area contributed by atoms with Gasteiger partial charge in [0.2, 0.25) is 0 Å². The number of aliphatic hydroxyl groups is 1. The highest BCUT2D eigenvalue weighted by molar-refractivity contribution is 5.42. The van der Waals surface area contributed by atoms with Crippen LogP contribution in [0, 0.1) is 0 Å². The van der Waals surface area contributed by atoms with Crippen molar-refractivity contribution in [1.82, 2.24) is 15.0 Å². The fourth-order valence-electron chi connectivity index (χ4n) is 0.622. The minimum atomic E-state index is 0.0468. The van der Waals surface area contributed by atoms with Crippen LogP contribution in [0.15, 0.2) is 12.3 Å². The fourth-order valence-corrected chi connectivity index (χ4v) is 0.622. The van der Waals surface area contributed by atoms with Gasteiger partial charge >= 0.3 is 0 Å². The Hall–Kier alpha value is -1.16. The third-order valence-corrected chi connectivity index (χ3v) is 1.14. The van der Waals surface area contributed by atoms with Crippen LogP contribution in [0.3, 0.4) is 0 Å². The summed E-state index contributed by atoms with van der Waals surface area (Å²) in [5.74, 6) is 0. The lowest BCUT2D eigenvalue weighted by Gasteiger charge is -1.88. The number of aryl methyl sites for hydroxylation is 1. The Labute approximate surface area is 58.8 Å². The molecule has 4 heteroatoms. The molecule has 0 aliphatic carbocycles. The quantitative estimate of drug-likeness (QED) is 0.618. The molecule has 1 aromatic heterocycles. The predicted octanol–water partition coefficient (Wildman–Crippen LogP) is -0.179. The number of nitrogens with zero attached hydrogens (tertiary/aromatic N) is 3. The molecule has 0 aliphatic heterocycles. The number of aliphatic hydroxyl groups excluding tert-OH is 1. The standard InChI is InChI=1S/C6H9N3O/c1-9-6(3-2-4-10)5-7-8-9/h2-3,5,10H,4H2,1H3/b3-2+. The van der Waals surface area contributed by atoms with Crippen molar-refractivity contribution >= 4 is 6.08 Å². The van der Waals surface area contributed by atoms with E-state index in [0.717, 1.165) is 5.69 Å². The molecular formula is C6H9N3O. The van der Waals surface area contributed by atoms with Gasteiger partial charge in [-0.3, -0.25) is 0 Å². The summed E-state index contributed by atoms with van der Waals surface area (Å²) in [5.41, 5.74) is 0.883. The average Bonchev–Trinajstić information content (AvgIpc) is 2.31. The maximum Gasteiger partial charge on any atom is 0.0807 e. The van der Waals surface area contributed by atoms with E-state index in [9.17, 15) is 0 Å². The Morgan fingerprint density at radius 2 is 2.60 bits per heavy atom. The molecule has 0 saturated carbocycles. The zero-order valence-electron chi connectivity index (χ0n) is 5.73. The van der Waals surface area contributed by atoms with E-state index in [4.69, 9.17) is 5.11 Å². The molecule has 0 aromatic carbocycles. The highest BCUT2D eigenvalue weighted by Crippen LogP contribution is 1.94. The average molecular weight is 139 g/mol. The van der Waals surface area contributed by atoms with Gasteiger partial charge in [0.05, 0.1) is 18.5 Å². The van der Waals surface area contributed by atoms with Crippen molar-refractivity contribution in [2.45, 2.75) is 0 Å². The van der Waals surface area contributed by atoms with Gasteiger partial charge in [0.1, 0.15) is 0 Å². The van der Waals surface area contributed by atoms with Gasteiger partial charge in [0.25, 0.3) is 0 Å². The molecule has 0 fully saturated rings. The Morgan fingerprint density at radius 1 is 1.80 bits per heavy atom. The van der Waals surface area contributed by atoms with Gasteiger partial charge in [-0.15, -0.1) is 5.10 Å². The maximum atomic E-state index is 8.42. The van der Waals surface area contributed by atoms with Gasteiger partial charge in [-0.2, -0.15) is 0 Å². The molecule has 0 spiro atoms. The van der Waals surface area contributed by atoms with Crippen LogP contribution in [-0.2, 0) is 7.05 Å². The highest BCUT2D eigenvalue weighted by atomic mass is 16.2. The lowest BCUT2D eigenvalue weighted by molar-refractivity contribution is 0.343. The van der Waals surface area contributed by atoms with Gasteiger partial charge in [-0.05, 0) is 6.08 Å². The topological polar surface area (TPSA) is 50.9 Å². The van der Waals surface area contributed by atoms with Crippen molar-refractivity contribution in [1.29, 1.82) is 0 Å². The summed E-state index contributed by atoms with van der Waals surface area (Å²) < 4.78 is 1.63. The predicted molar refractivity (Wildman–Crippen MR) is 37.1 cm³/mol. The van der Waals surface area contributed by atoms with Gasteiger partial charge in [-0.25, -0.2) is 4.68 Å². The summed E-state index contributed by atoms with van der Waals surface area (Å²) in [6.45, 7) is 0.0468. The second-order valence-corrected chi connectivity index (χ2v) is 1.87. The van der Waals surface area contributed by atoms with E-state index in [2.05, 4.69) is 10.3 Å². The summed E-state index contributed by atoms with van der Waals surface area (Å²) in [7, 11) is 1.80. The first kappa shape index (κ1) is 6.95. The molecule has 4 nitrogen and oxygen atoms in total. The Balaban J connectivity index is 2.74. The molecule has 0 radical (unpaired) electrons. The second kappa shape index (κ2) is 3.12.